The molecule has 1 aromatic carbocycles. The van der Waals surface area contributed by atoms with E-state index in [9.17, 15) is 14.4 Å². The molecule has 0 saturated heterocycles. The fourth-order valence-corrected chi connectivity index (χ4v) is 3.67. The molecule has 1 aliphatic carbocycles. The van der Waals surface area contributed by atoms with Gasteiger partial charge in [-0.25, -0.2) is 9.78 Å². The van der Waals surface area contributed by atoms with E-state index in [1.54, 1.807) is 42.5 Å². The van der Waals surface area contributed by atoms with Gasteiger partial charge in [0.2, 0.25) is 0 Å². The largest absolute Gasteiger partial charge is 0.465 e. The van der Waals surface area contributed by atoms with Crippen molar-refractivity contribution in [2.45, 2.75) is 37.8 Å². The molecule has 0 aliphatic heterocycles. The Balaban J connectivity index is 1.56. The van der Waals surface area contributed by atoms with E-state index >= 15 is 0 Å². The van der Waals surface area contributed by atoms with Crippen molar-refractivity contribution in [3.8, 4) is 0 Å². The quantitative estimate of drug-likeness (QED) is 0.509. The van der Waals surface area contributed by atoms with Crippen molar-refractivity contribution >= 4 is 39.5 Å². The molecule has 3 rings (SSSR count). The van der Waals surface area contributed by atoms with Gasteiger partial charge in [-0.1, -0.05) is 6.07 Å². The molecule has 29 heavy (non-hydrogen) atoms. The van der Waals surface area contributed by atoms with Crippen LogP contribution in [0.1, 0.15) is 46.5 Å². The number of nitrogens with one attached hydrogen (secondary N) is 3. The number of anilines is 1. The number of pyridine rings is 1. The van der Waals surface area contributed by atoms with Crippen LogP contribution in [0.4, 0.5) is 10.5 Å². The summed E-state index contributed by atoms with van der Waals surface area (Å²) >= 11 is 3.23. The molecule has 1 aliphatic rings. The van der Waals surface area contributed by atoms with E-state index in [4.69, 9.17) is 5.11 Å². The minimum absolute atomic E-state index is 0.0740. The predicted molar refractivity (Wildman–Crippen MR) is 111 cm³/mol. The van der Waals surface area contributed by atoms with Crippen LogP contribution >= 0.6 is 15.9 Å². The number of rotatable bonds is 5. The molecular weight excluding hydrogens is 440 g/mol. The summed E-state index contributed by atoms with van der Waals surface area (Å²) in [5.74, 6) is -0.569. The smallest absolute Gasteiger partial charge is 0.404 e. The summed E-state index contributed by atoms with van der Waals surface area (Å²) < 4.78 is 0.570. The predicted octanol–water partition coefficient (Wildman–Crippen LogP) is 3.41. The SMILES string of the molecule is O=C(O)N[C@H]1CCC[C@@H](NC(=O)c2ccc(NC(=O)c3cccc(Br)n3)cc2)C1. The highest BCUT2D eigenvalue weighted by Crippen LogP contribution is 2.19. The maximum absolute atomic E-state index is 12.5. The van der Waals surface area contributed by atoms with Crippen LogP contribution in [0.3, 0.4) is 0 Å². The molecular formula is C20H21BrN4O4. The molecule has 3 amide bonds. The van der Waals surface area contributed by atoms with Crippen LogP contribution in [0, 0.1) is 0 Å². The van der Waals surface area contributed by atoms with Crippen LogP contribution in [-0.4, -0.2) is 40.1 Å². The van der Waals surface area contributed by atoms with E-state index in [2.05, 4.69) is 36.9 Å². The highest BCUT2D eigenvalue weighted by Gasteiger charge is 2.24. The van der Waals surface area contributed by atoms with Crippen LogP contribution in [-0.2, 0) is 0 Å². The summed E-state index contributed by atoms with van der Waals surface area (Å²) in [6.45, 7) is 0. The summed E-state index contributed by atoms with van der Waals surface area (Å²) in [5.41, 5.74) is 1.30. The first-order valence-corrected chi connectivity index (χ1v) is 10.0. The third-order valence-electron chi connectivity index (χ3n) is 4.69. The van der Waals surface area contributed by atoms with E-state index in [-0.39, 0.29) is 29.6 Å². The third kappa shape index (κ3) is 6.02. The normalized spacial score (nSPS) is 18.5. The number of nitrogens with zero attached hydrogens (tertiary/aromatic N) is 1. The lowest BCUT2D eigenvalue weighted by atomic mass is 9.91. The molecule has 0 spiro atoms. The van der Waals surface area contributed by atoms with E-state index < -0.39 is 6.09 Å². The molecule has 0 radical (unpaired) electrons. The van der Waals surface area contributed by atoms with E-state index in [1.807, 2.05) is 0 Å². The Hall–Kier alpha value is -2.94. The molecule has 152 valence electrons. The van der Waals surface area contributed by atoms with Crippen LogP contribution in [0.5, 0.6) is 0 Å². The number of carbonyl (C=O) groups is 3. The Morgan fingerprint density at radius 2 is 1.66 bits per heavy atom. The number of halogens is 1. The highest BCUT2D eigenvalue weighted by atomic mass is 79.9. The molecule has 0 unspecified atom stereocenters. The van der Waals surface area contributed by atoms with Gasteiger partial charge in [-0.05, 0) is 78.0 Å². The number of hydrogen-bond donors (Lipinski definition) is 4. The van der Waals surface area contributed by atoms with Crippen molar-refractivity contribution in [3.63, 3.8) is 0 Å². The van der Waals surface area contributed by atoms with Crippen molar-refractivity contribution in [2.75, 3.05) is 5.32 Å². The highest BCUT2D eigenvalue weighted by molar-refractivity contribution is 9.10. The lowest BCUT2D eigenvalue weighted by Gasteiger charge is -2.29. The monoisotopic (exact) mass is 460 g/mol. The van der Waals surface area contributed by atoms with Crippen LogP contribution in [0.25, 0.3) is 0 Å². The molecule has 4 N–H and O–H groups in total. The molecule has 1 saturated carbocycles. The molecule has 2 atom stereocenters. The average Bonchev–Trinajstić information content (AvgIpc) is 2.68. The first-order chi connectivity index (χ1) is 13.9. The van der Waals surface area contributed by atoms with Gasteiger partial charge in [-0.15, -0.1) is 0 Å². The van der Waals surface area contributed by atoms with Crippen LogP contribution in [0.2, 0.25) is 0 Å². The number of carboxylic acid groups (broad SMARTS) is 1. The number of benzene rings is 1. The van der Waals surface area contributed by atoms with Crippen molar-refractivity contribution in [1.82, 2.24) is 15.6 Å². The Bertz CT molecular complexity index is 904. The van der Waals surface area contributed by atoms with Gasteiger partial charge in [0.25, 0.3) is 11.8 Å². The van der Waals surface area contributed by atoms with E-state index in [0.717, 1.165) is 19.3 Å². The maximum Gasteiger partial charge on any atom is 0.404 e. The molecule has 2 aromatic rings. The maximum atomic E-state index is 12.5. The van der Waals surface area contributed by atoms with Crippen LogP contribution < -0.4 is 16.0 Å². The van der Waals surface area contributed by atoms with Gasteiger partial charge in [0.05, 0.1) is 0 Å². The van der Waals surface area contributed by atoms with E-state index in [1.165, 1.54) is 0 Å². The van der Waals surface area contributed by atoms with Crippen molar-refractivity contribution < 1.29 is 19.5 Å². The molecule has 1 heterocycles. The number of aromatic nitrogens is 1. The standard InChI is InChI=1S/C20H21BrN4O4/c21-17-6-2-5-16(25-17)19(27)22-13-9-7-12(8-10-13)18(26)23-14-3-1-4-15(11-14)24-20(28)29/h2,5-10,14-15,24H,1,3-4,11H2,(H,22,27)(H,23,26)(H,28,29)/t14-,15+/m1/s1. The Morgan fingerprint density at radius 3 is 2.31 bits per heavy atom. The number of carbonyl (C=O) groups excluding carboxylic acids is 2. The Morgan fingerprint density at radius 1 is 0.966 bits per heavy atom. The van der Waals surface area contributed by atoms with Gasteiger partial charge in [-0.2, -0.15) is 0 Å². The molecule has 0 bridgehead atoms. The second-order valence-electron chi connectivity index (χ2n) is 6.86. The fourth-order valence-electron chi connectivity index (χ4n) is 3.33. The van der Waals surface area contributed by atoms with Gasteiger partial charge < -0.3 is 21.1 Å². The summed E-state index contributed by atoms with van der Waals surface area (Å²) in [4.78, 5) is 39.6. The lowest BCUT2D eigenvalue weighted by Crippen LogP contribution is -2.45. The fraction of sp³-hybridized carbons (Fsp3) is 0.300. The minimum Gasteiger partial charge on any atom is -0.465 e. The van der Waals surface area contributed by atoms with Crippen molar-refractivity contribution in [3.05, 3.63) is 58.3 Å². The second-order valence-corrected chi connectivity index (χ2v) is 7.67. The van der Waals surface area contributed by atoms with Gasteiger partial charge in [0.1, 0.15) is 10.3 Å². The van der Waals surface area contributed by atoms with Crippen molar-refractivity contribution in [2.24, 2.45) is 0 Å². The van der Waals surface area contributed by atoms with Gasteiger partial charge >= 0.3 is 6.09 Å². The Kier molecular flexibility index (Phi) is 6.82. The zero-order valence-corrected chi connectivity index (χ0v) is 17.1. The topological polar surface area (TPSA) is 120 Å². The minimum atomic E-state index is -1.04. The van der Waals surface area contributed by atoms with Gasteiger partial charge in [0.15, 0.2) is 0 Å². The summed E-state index contributed by atoms with van der Waals surface area (Å²) in [5, 5.41) is 17.0. The summed E-state index contributed by atoms with van der Waals surface area (Å²) in [6.07, 6.45) is 1.98. The Labute approximate surface area is 176 Å². The third-order valence-corrected chi connectivity index (χ3v) is 5.13. The summed E-state index contributed by atoms with van der Waals surface area (Å²) in [6, 6.07) is 11.4. The van der Waals surface area contributed by atoms with Crippen molar-refractivity contribution in [1.29, 1.82) is 0 Å². The number of amides is 3. The molecule has 9 heteroatoms. The number of hydrogen-bond acceptors (Lipinski definition) is 4. The van der Waals surface area contributed by atoms with Gasteiger partial charge in [-0.3, -0.25) is 9.59 Å². The van der Waals surface area contributed by atoms with Gasteiger partial charge in [0, 0.05) is 23.3 Å². The zero-order chi connectivity index (χ0) is 20.8. The van der Waals surface area contributed by atoms with E-state index in [0.29, 0.717) is 22.3 Å². The van der Waals surface area contributed by atoms with Crippen LogP contribution in [0.15, 0.2) is 47.1 Å². The first-order valence-electron chi connectivity index (χ1n) is 9.25. The second kappa shape index (κ2) is 9.51. The lowest BCUT2D eigenvalue weighted by molar-refractivity contribution is 0.0923. The molecule has 1 aromatic heterocycles. The molecule has 8 nitrogen and oxygen atoms in total. The summed E-state index contributed by atoms with van der Waals surface area (Å²) in [7, 11) is 0. The first kappa shape index (κ1) is 20.8. The zero-order valence-electron chi connectivity index (χ0n) is 15.5. The molecule has 1 fully saturated rings. The average molecular weight is 461 g/mol.